The molecule has 0 aliphatic carbocycles. The Bertz CT molecular complexity index is 518. The third kappa shape index (κ3) is 2.43. The molecule has 0 aromatic carbocycles. The fourth-order valence-electron chi connectivity index (χ4n) is 4.08. The van der Waals surface area contributed by atoms with Gasteiger partial charge in [0.2, 0.25) is 5.91 Å². The smallest absolute Gasteiger partial charge is 0.242 e. The molecule has 22 heavy (non-hydrogen) atoms. The standard InChI is InChI=1S/C15H24N6O/c22-15(13-10-9-16-5-4-11(10)19-20-13)21-8-2-1-3-12(21)14-17-6-7-18-14/h6-7,10-13,16,19-20H,1-5,8-9H2,(H,17,18). The van der Waals surface area contributed by atoms with Crippen LogP contribution in [0.4, 0.5) is 0 Å². The van der Waals surface area contributed by atoms with Gasteiger partial charge < -0.3 is 15.2 Å². The Morgan fingerprint density at radius 3 is 3.09 bits per heavy atom. The average molecular weight is 304 g/mol. The van der Waals surface area contributed by atoms with E-state index in [0.717, 1.165) is 51.1 Å². The molecule has 4 N–H and O–H groups in total. The van der Waals surface area contributed by atoms with Crippen LogP contribution in [0.3, 0.4) is 0 Å². The number of hydrogen-bond acceptors (Lipinski definition) is 5. The first-order valence-corrected chi connectivity index (χ1v) is 8.36. The van der Waals surface area contributed by atoms with Crippen molar-refractivity contribution in [3.05, 3.63) is 18.2 Å². The first-order chi connectivity index (χ1) is 10.8. The van der Waals surface area contributed by atoms with Gasteiger partial charge in [0.05, 0.1) is 6.04 Å². The predicted octanol–water partition coefficient (Wildman–Crippen LogP) is -0.0822. The summed E-state index contributed by atoms with van der Waals surface area (Å²) in [4.78, 5) is 22.7. The molecule has 0 radical (unpaired) electrons. The lowest BCUT2D eigenvalue weighted by molar-refractivity contribution is -0.138. The summed E-state index contributed by atoms with van der Waals surface area (Å²) in [7, 11) is 0. The van der Waals surface area contributed by atoms with E-state index in [1.54, 1.807) is 6.20 Å². The number of carbonyl (C=O) groups excluding carboxylic acids is 1. The van der Waals surface area contributed by atoms with E-state index in [4.69, 9.17) is 0 Å². The number of nitrogens with zero attached hydrogens (tertiary/aromatic N) is 2. The van der Waals surface area contributed by atoms with E-state index in [2.05, 4.69) is 26.1 Å². The van der Waals surface area contributed by atoms with Gasteiger partial charge in [0, 0.05) is 37.4 Å². The maximum atomic E-state index is 13.1. The van der Waals surface area contributed by atoms with Crippen molar-refractivity contribution in [2.75, 3.05) is 19.6 Å². The second-order valence-corrected chi connectivity index (χ2v) is 6.55. The minimum absolute atomic E-state index is 0.0913. The van der Waals surface area contributed by atoms with Crippen LogP contribution in [0.5, 0.6) is 0 Å². The highest BCUT2D eigenvalue weighted by Gasteiger charge is 2.44. The molecule has 3 aliphatic rings. The average Bonchev–Trinajstić information content (AvgIpc) is 3.24. The molecule has 7 heteroatoms. The van der Waals surface area contributed by atoms with Gasteiger partial charge >= 0.3 is 0 Å². The van der Waals surface area contributed by atoms with Crippen LogP contribution in [0.25, 0.3) is 0 Å². The second kappa shape index (κ2) is 5.98. The summed E-state index contributed by atoms with van der Waals surface area (Å²) in [6, 6.07) is 0.365. The number of aromatic amines is 1. The summed E-state index contributed by atoms with van der Waals surface area (Å²) >= 11 is 0. The molecule has 3 aliphatic heterocycles. The number of likely N-dealkylation sites (tertiary alicyclic amines) is 1. The normalized spacial score (nSPS) is 35.4. The van der Waals surface area contributed by atoms with Crippen LogP contribution >= 0.6 is 0 Å². The summed E-state index contributed by atoms with van der Waals surface area (Å²) in [6.45, 7) is 2.75. The fourth-order valence-corrected chi connectivity index (χ4v) is 4.08. The number of rotatable bonds is 2. The van der Waals surface area contributed by atoms with Gasteiger partial charge in [-0.3, -0.25) is 10.2 Å². The van der Waals surface area contributed by atoms with Crippen molar-refractivity contribution in [2.45, 2.75) is 43.8 Å². The van der Waals surface area contributed by atoms with Crippen molar-refractivity contribution in [1.29, 1.82) is 0 Å². The molecule has 120 valence electrons. The van der Waals surface area contributed by atoms with E-state index in [9.17, 15) is 4.79 Å². The van der Waals surface area contributed by atoms with Gasteiger partial charge in [-0.05, 0) is 32.2 Å². The van der Waals surface area contributed by atoms with E-state index in [0.29, 0.717) is 12.0 Å². The number of piperidine rings is 2. The Labute approximate surface area is 130 Å². The predicted molar refractivity (Wildman–Crippen MR) is 81.7 cm³/mol. The number of nitrogens with one attached hydrogen (secondary N) is 4. The zero-order valence-electron chi connectivity index (χ0n) is 12.7. The molecule has 1 aromatic heterocycles. The molecule has 0 saturated carbocycles. The topological polar surface area (TPSA) is 85.1 Å². The fraction of sp³-hybridized carbons (Fsp3) is 0.733. The molecule has 4 unspecified atom stereocenters. The summed E-state index contributed by atoms with van der Waals surface area (Å²) in [5, 5.41) is 3.41. The Kier molecular flexibility index (Phi) is 3.85. The third-order valence-electron chi connectivity index (χ3n) is 5.27. The molecule has 0 spiro atoms. The number of hydrazine groups is 1. The van der Waals surface area contributed by atoms with Crippen molar-refractivity contribution < 1.29 is 4.79 Å². The number of carbonyl (C=O) groups is 1. The van der Waals surface area contributed by atoms with E-state index in [1.807, 2.05) is 11.1 Å². The van der Waals surface area contributed by atoms with Crippen LogP contribution < -0.4 is 16.2 Å². The first kappa shape index (κ1) is 14.2. The monoisotopic (exact) mass is 304 g/mol. The number of hydrogen-bond donors (Lipinski definition) is 4. The molecule has 3 fully saturated rings. The number of amides is 1. The quantitative estimate of drug-likeness (QED) is 0.614. The Morgan fingerprint density at radius 1 is 1.27 bits per heavy atom. The van der Waals surface area contributed by atoms with E-state index >= 15 is 0 Å². The molecule has 1 amide bonds. The molecule has 3 saturated heterocycles. The van der Waals surface area contributed by atoms with Crippen LogP contribution in [0.1, 0.15) is 37.5 Å². The van der Waals surface area contributed by atoms with Gasteiger partial charge in [0.25, 0.3) is 0 Å². The maximum absolute atomic E-state index is 13.1. The van der Waals surface area contributed by atoms with Gasteiger partial charge in [-0.2, -0.15) is 0 Å². The van der Waals surface area contributed by atoms with Crippen LogP contribution in [-0.2, 0) is 4.79 Å². The molecule has 4 atom stereocenters. The highest BCUT2D eigenvalue weighted by atomic mass is 16.2. The Morgan fingerprint density at radius 2 is 2.23 bits per heavy atom. The summed E-state index contributed by atoms with van der Waals surface area (Å²) in [6.07, 6.45) is 7.90. The van der Waals surface area contributed by atoms with Gasteiger partial charge in [-0.1, -0.05) is 0 Å². The molecule has 1 aromatic rings. The largest absolute Gasteiger partial charge is 0.347 e. The lowest BCUT2D eigenvalue weighted by Crippen LogP contribution is -2.52. The van der Waals surface area contributed by atoms with E-state index in [-0.39, 0.29) is 18.0 Å². The van der Waals surface area contributed by atoms with Crippen LogP contribution in [0, 0.1) is 5.92 Å². The van der Waals surface area contributed by atoms with Crippen molar-refractivity contribution in [2.24, 2.45) is 5.92 Å². The lowest BCUT2D eigenvalue weighted by atomic mass is 9.88. The Hall–Kier alpha value is -1.44. The minimum Gasteiger partial charge on any atom is -0.347 e. The van der Waals surface area contributed by atoms with Crippen LogP contribution in [0.15, 0.2) is 12.4 Å². The molecular weight excluding hydrogens is 280 g/mol. The molecule has 4 rings (SSSR count). The van der Waals surface area contributed by atoms with Gasteiger partial charge in [0.1, 0.15) is 11.9 Å². The number of H-pyrrole nitrogens is 1. The zero-order valence-corrected chi connectivity index (χ0v) is 12.7. The summed E-state index contributed by atoms with van der Waals surface area (Å²) in [5.74, 6) is 1.46. The van der Waals surface area contributed by atoms with Crippen molar-refractivity contribution >= 4 is 5.91 Å². The summed E-state index contributed by atoms with van der Waals surface area (Å²) < 4.78 is 0. The van der Waals surface area contributed by atoms with Crippen molar-refractivity contribution in [3.63, 3.8) is 0 Å². The molecule has 4 heterocycles. The van der Waals surface area contributed by atoms with E-state index in [1.165, 1.54) is 0 Å². The van der Waals surface area contributed by atoms with Crippen LogP contribution in [-0.4, -0.2) is 52.5 Å². The van der Waals surface area contributed by atoms with Gasteiger partial charge in [-0.15, -0.1) is 0 Å². The van der Waals surface area contributed by atoms with Crippen molar-refractivity contribution in [3.8, 4) is 0 Å². The lowest BCUT2D eigenvalue weighted by Gasteiger charge is -2.37. The van der Waals surface area contributed by atoms with Gasteiger partial charge in [-0.25, -0.2) is 10.4 Å². The number of aromatic nitrogens is 2. The SMILES string of the molecule is O=C(C1NNC2CCNCC21)N1CCCCC1c1ncc[nH]1. The van der Waals surface area contributed by atoms with Gasteiger partial charge in [0.15, 0.2) is 0 Å². The van der Waals surface area contributed by atoms with Crippen LogP contribution in [0.2, 0.25) is 0 Å². The Balaban J connectivity index is 1.53. The second-order valence-electron chi connectivity index (χ2n) is 6.55. The zero-order chi connectivity index (χ0) is 14.9. The highest BCUT2D eigenvalue weighted by Crippen LogP contribution is 2.31. The molecule has 0 bridgehead atoms. The third-order valence-corrected chi connectivity index (χ3v) is 5.27. The summed E-state index contributed by atoms with van der Waals surface area (Å²) in [5.41, 5.74) is 6.57. The molecular formula is C15H24N6O. The number of fused-ring (bicyclic) bond motifs is 1. The minimum atomic E-state index is -0.131. The van der Waals surface area contributed by atoms with E-state index < -0.39 is 0 Å². The molecule has 7 nitrogen and oxygen atoms in total. The number of imidazole rings is 1. The van der Waals surface area contributed by atoms with Crippen molar-refractivity contribution in [1.82, 2.24) is 31.0 Å². The maximum Gasteiger partial charge on any atom is 0.242 e. The first-order valence-electron chi connectivity index (χ1n) is 8.36. The highest BCUT2D eigenvalue weighted by molar-refractivity contribution is 5.83.